The molecule has 1 heterocycles. The van der Waals surface area contributed by atoms with Gasteiger partial charge in [-0.1, -0.05) is 6.42 Å². The van der Waals surface area contributed by atoms with E-state index in [-0.39, 0.29) is 17.0 Å². The Labute approximate surface area is 79.7 Å². The molecule has 1 aliphatic heterocycles. The summed E-state index contributed by atoms with van der Waals surface area (Å²) in [6, 6.07) is 0. The Morgan fingerprint density at radius 1 is 0.818 bits per heavy atom. The first-order chi connectivity index (χ1) is 4.91. The maximum absolute atomic E-state index is 2.62. The molecule has 1 aliphatic carbocycles. The molecule has 0 atom stereocenters. The van der Waals surface area contributed by atoms with E-state index in [9.17, 15) is 0 Å². The van der Waals surface area contributed by atoms with Gasteiger partial charge in [0.2, 0.25) is 0 Å². The molecule has 1 spiro atoms. The minimum absolute atomic E-state index is 0. The summed E-state index contributed by atoms with van der Waals surface area (Å²) in [5.41, 5.74) is 0.748. The third-order valence-electron chi connectivity index (χ3n) is 3.31. The van der Waals surface area contributed by atoms with Crippen molar-refractivity contribution in [2.45, 2.75) is 50.5 Å². The summed E-state index contributed by atoms with van der Waals surface area (Å²) in [7, 11) is 0. The van der Waals surface area contributed by atoms with Gasteiger partial charge in [-0.15, -0.1) is 0 Å². The molecule has 2 rings (SSSR count). The fourth-order valence-electron chi connectivity index (χ4n) is 2.67. The quantitative estimate of drug-likeness (QED) is 0.488. The third kappa shape index (κ3) is 1.97. The maximum Gasteiger partial charge on any atom is 0.0963 e. The zero-order valence-electron chi connectivity index (χ0n) is 7.11. The Bertz CT molecular complexity index is 111. The smallest absolute Gasteiger partial charge is 0.0963 e. The van der Waals surface area contributed by atoms with Crippen LogP contribution < -0.4 is 22.3 Å². The largest absolute Gasteiger partial charge is 1.00 e. The third-order valence-corrected chi connectivity index (χ3v) is 3.31. The van der Waals surface area contributed by atoms with Crippen LogP contribution in [0.25, 0.3) is 0 Å². The molecule has 0 aromatic carbocycles. The van der Waals surface area contributed by atoms with E-state index in [1.807, 2.05) is 0 Å². The average molecular weight is 220 g/mol. The molecule has 1 nitrogen and oxygen atoms in total. The molecule has 11 heavy (non-hydrogen) atoms. The van der Waals surface area contributed by atoms with Crippen molar-refractivity contribution >= 4 is 0 Å². The Balaban J connectivity index is 0.000000605. The lowest BCUT2D eigenvalue weighted by molar-refractivity contribution is -0.710. The summed E-state index contributed by atoms with van der Waals surface area (Å²) in [5.74, 6) is 0. The highest BCUT2D eigenvalue weighted by Crippen LogP contribution is 2.30. The van der Waals surface area contributed by atoms with Crippen LogP contribution in [0.4, 0.5) is 0 Å². The molecule has 1 saturated carbocycles. The lowest BCUT2D eigenvalue weighted by Crippen LogP contribution is -3.00. The number of hydrogen-bond donors (Lipinski definition) is 1. The van der Waals surface area contributed by atoms with Crippen molar-refractivity contribution in [2.24, 2.45) is 0 Å². The second-order valence-corrected chi connectivity index (χ2v) is 4.02. The first-order valence-corrected chi connectivity index (χ1v) is 4.76. The van der Waals surface area contributed by atoms with Crippen LogP contribution >= 0.6 is 0 Å². The van der Waals surface area contributed by atoms with E-state index < -0.39 is 0 Å². The summed E-state index contributed by atoms with van der Waals surface area (Å²) in [6.45, 7) is 1.40. The van der Waals surface area contributed by atoms with Crippen LogP contribution in [0.3, 0.4) is 0 Å². The zero-order chi connectivity index (χ0) is 6.86. The highest BCUT2D eigenvalue weighted by Gasteiger charge is 2.38. The van der Waals surface area contributed by atoms with Gasteiger partial charge >= 0.3 is 0 Å². The van der Waals surface area contributed by atoms with E-state index in [0.29, 0.717) is 0 Å². The lowest BCUT2D eigenvalue weighted by Gasteiger charge is -2.29. The van der Waals surface area contributed by atoms with Gasteiger partial charge in [0.15, 0.2) is 0 Å². The van der Waals surface area contributed by atoms with Crippen molar-refractivity contribution in [3.63, 3.8) is 0 Å². The second-order valence-electron chi connectivity index (χ2n) is 4.02. The maximum atomic E-state index is 2.62. The van der Waals surface area contributed by atoms with E-state index >= 15 is 0 Å². The van der Waals surface area contributed by atoms with Gasteiger partial charge in [-0.3, -0.25) is 0 Å². The van der Waals surface area contributed by atoms with Gasteiger partial charge in [-0.25, -0.2) is 0 Å². The van der Waals surface area contributed by atoms with Gasteiger partial charge in [0, 0.05) is 25.7 Å². The minimum atomic E-state index is 0. The molecule has 1 saturated heterocycles. The van der Waals surface area contributed by atoms with E-state index in [1.165, 1.54) is 51.5 Å². The van der Waals surface area contributed by atoms with Crippen LogP contribution in [0.2, 0.25) is 0 Å². The van der Waals surface area contributed by atoms with Gasteiger partial charge < -0.3 is 22.3 Å². The van der Waals surface area contributed by atoms with Crippen molar-refractivity contribution in [3.05, 3.63) is 0 Å². The fraction of sp³-hybridized carbons (Fsp3) is 1.00. The van der Waals surface area contributed by atoms with Gasteiger partial charge in [0.25, 0.3) is 0 Å². The molecular weight excluding hydrogens is 202 g/mol. The normalized spacial score (nSPS) is 28.4. The number of quaternary nitrogens is 1. The molecular formula is C9H18BrN. The number of hydrogen-bond acceptors (Lipinski definition) is 0. The van der Waals surface area contributed by atoms with Gasteiger partial charge in [-0.05, 0) is 12.8 Å². The number of halogens is 1. The standard InChI is InChI=1S/C9H17N.BrH/c1-2-5-9(6-3-1)7-4-8-10-9;/h10H,1-8H2;1H. The summed E-state index contributed by atoms with van der Waals surface area (Å²) < 4.78 is 0. The van der Waals surface area contributed by atoms with E-state index in [1.54, 1.807) is 0 Å². The Kier molecular flexibility index (Phi) is 3.38. The highest BCUT2D eigenvalue weighted by atomic mass is 79.9. The molecule has 0 aromatic rings. The molecule has 2 fully saturated rings. The first kappa shape index (κ1) is 9.53. The second kappa shape index (κ2) is 3.90. The molecule has 2 heteroatoms. The monoisotopic (exact) mass is 219 g/mol. The summed E-state index contributed by atoms with van der Waals surface area (Å²) in [6.07, 6.45) is 10.5. The van der Waals surface area contributed by atoms with Crippen LogP contribution in [-0.2, 0) is 0 Å². The molecule has 0 bridgehead atoms. The Morgan fingerprint density at radius 2 is 1.45 bits per heavy atom. The molecule has 66 valence electrons. The Hall–Kier alpha value is 0.440. The molecule has 0 aromatic heterocycles. The molecule has 2 N–H and O–H groups in total. The van der Waals surface area contributed by atoms with Gasteiger partial charge in [0.05, 0.1) is 12.1 Å². The van der Waals surface area contributed by atoms with Crippen molar-refractivity contribution < 1.29 is 22.3 Å². The van der Waals surface area contributed by atoms with Gasteiger partial charge in [0.1, 0.15) is 0 Å². The van der Waals surface area contributed by atoms with Crippen molar-refractivity contribution in [2.75, 3.05) is 6.54 Å². The van der Waals surface area contributed by atoms with Crippen LogP contribution in [0.1, 0.15) is 44.9 Å². The van der Waals surface area contributed by atoms with E-state index in [2.05, 4.69) is 5.32 Å². The zero-order valence-corrected chi connectivity index (χ0v) is 8.70. The molecule has 0 radical (unpaired) electrons. The van der Waals surface area contributed by atoms with Gasteiger partial charge in [-0.2, -0.15) is 0 Å². The van der Waals surface area contributed by atoms with E-state index in [4.69, 9.17) is 0 Å². The van der Waals surface area contributed by atoms with Crippen molar-refractivity contribution in [1.29, 1.82) is 0 Å². The SMILES string of the molecule is C1CCC2(CC1)CCC[NH2+]2.[Br-]. The van der Waals surface area contributed by atoms with Crippen LogP contribution in [0.5, 0.6) is 0 Å². The summed E-state index contributed by atoms with van der Waals surface area (Å²) in [5, 5.41) is 2.62. The molecule has 2 aliphatic rings. The summed E-state index contributed by atoms with van der Waals surface area (Å²) in [4.78, 5) is 0. The van der Waals surface area contributed by atoms with E-state index in [0.717, 1.165) is 5.54 Å². The minimum Gasteiger partial charge on any atom is -1.00 e. The average Bonchev–Trinajstić information content (AvgIpc) is 2.39. The molecule has 0 unspecified atom stereocenters. The highest BCUT2D eigenvalue weighted by molar-refractivity contribution is 4.83. The fourth-order valence-corrected chi connectivity index (χ4v) is 2.67. The first-order valence-electron chi connectivity index (χ1n) is 4.76. The van der Waals surface area contributed by atoms with Crippen LogP contribution in [-0.4, -0.2) is 12.1 Å². The molecule has 0 amide bonds. The predicted octanol–water partition coefficient (Wildman–Crippen LogP) is -1.95. The Morgan fingerprint density at radius 3 is 2.00 bits per heavy atom. The van der Waals surface area contributed by atoms with Crippen LogP contribution in [0, 0.1) is 0 Å². The predicted molar refractivity (Wildman–Crippen MR) is 41.8 cm³/mol. The van der Waals surface area contributed by atoms with Crippen molar-refractivity contribution in [1.82, 2.24) is 0 Å². The van der Waals surface area contributed by atoms with Crippen molar-refractivity contribution in [3.8, 4) is 0 Å². The number of rotatable bonds is 0. The number of nitrogens with two attached hydrogens (primary N) is 1. The topological polar surface area (TPSA) is 16.6 Å². The summed E-state index contributed by atoms with van der Waals surface area (Å²) >= 11 is 0. The lowest BCUT2D eigenvalue weighted by atomic mass is 9.81. The van der Waals surface area contributed by atoms with Crippen LogP contribution in [0.15, 0.2) is 0 Å².